The van der Waals surface area contributed by atoms with Crippen LogP contribution in [0, 0.1) is 17.0 Å². The molecule has 0 amide bonds. The lowest BCUT2D eigenvalue weighted by molar-refractivity contribution is -0.392. The molecule has 1 N–H and O–H groups in total. The third kappa shape index (κ3) is 2.62. The van der Waals surface area contributed by atoms with Crippen LogP contribution in [0.2, 0.25) is 0 Å². The van der Waals surface area contributed by atoms with Gasteiger partial charge in [0.2, 0.25) is 5.82 Å². The Morgan fingerprint density at radius 2 is 2.25 bits per heavy atom. The molecule has 2 aromatic rings. The molecule has 0 aliphatic heterocycles. The van der Waals surface area contributed by atoms with Crippen LogP contribution in [-0.4, -0.2) is 30.5 Å². The van der Waals surface area contributed by atoms with Crippen LogP contribution in [0.3, 0.4) is 0 Å². The Labute approximate surface area is 117 Å². The third-order valence-corrected chi connectivity index (χ3v) is 3.69. The summed E-state index contributed by atoms with van der Waals surface area (Å²) in [5.74, 6) is -0.851. The first kappa shape index (κ1) is 14.0. The van der Waals surface area contributed by atoms with Crippen molar-refractivity contribution in [1.82, 2.24) is 14.5 Å². The molecular formula is C11H10N4O4S. The lowest BCUT2D eigenvalue weighted by Gasteiger charge is -2.02. The molecule has 0 fully saturated rings. The Kier molecular flexibility index (Phi) is 3.70. The average Bonchev–Trinajstić information content (AvgIpc) is 2.67. The first-order chi connectivity index (χ1) is 9.40. The van der Waals surface area contributed by atoms with Gasteiger partial charge in [-0.25, -0.2) is 9.78 Å². The van der Waals surface area contributed by atoms with Gasteiger partial charge in [-0.1, -0.05) is 0 Å². The number of pyridine rings is 1. The van der Waals surface area contributed by atoms with E-state index < -0.39 is 10.9 Å². The number of carboxylic acid groups (broad SMARTS) is 1. The van der Waals surface area contributed by atoms with Gasteiger partial charge < -0.3 is 15.2 Å². The summed E-state index contributed by atoms with van der Waals surface area (Å²) in [6, 6.07) is 2.72. The van der Waals surface area contributed by atoms with E-state index in [1.165, 1.54) is 18.3 Å². The van der Waals surface area contributed by atoms with Gasteiger partial charge in [0.1, 0.15) is 5.03 Å². The number of hydrogen-bond acceptors (Lipinski definition) is 6. The number of nitrogens with zero attached hydrogens (tertiary/aromatic N) is 4. The van der Waals surface area contributed by atoms with Crippen LogP contribution in [0.25, 0.3) is 0 Å². The van der Waals surface area contributed by atoms with Crippen LogP contribution in [0.15, 0.2) is 28.4 Å². The van der Waals surface area contributed by atoms with Gasteiger partial charge in [0.25, 0.3) is 0 Å². The molecule has 2 aromatic heterocycles. The molecule has 0 unspecified atom stereocenters. The van der Waals surface area contributed by atoms with Crippen LogP contribution in [0.4, 0.5) is 5.82 Å². The first-order valence-electron chi connectivity index (χ1n) is 5.45. The normalized spacial score (nSPS) is 10.5. The highest BCUT2D eigenvalue weighted by atomic mass is 32.2. The van der Waals surface area contributed by atoms with E-state index in [-0.39, 0.29) is 11.4 Å². The van der Waals surface area contributed by atoms with Crippen LogP contribution in [-0.2, 0) is 7.05 Å². The van der Waals surface area contributed by atoms with Crippen molar-refractivity contribution in [2.24, 2.45) is 7.05 Å². The number of hydrogen-bond donors (Lipinski definition) is 1. The van der Waals surface area contributed by atoms with E-state index in [2.05, 4.69) is 9.97 Å². The number of aryl methyl sites for hydroxylation is 1. The Morgan fingerprint density at radius 3 is 2.85 bits per heavy atom. The van der Waals surface area contributed by atoms with Crippen LogP contribution >= 0.6 is 11.8 Å². The van der Waals surface area contributed by atoms with E-state index in [0.29, 0.717) is 15.9 Å². The van der Waals surface area contributed by atoms with Gasteiger partial charge in [-0.3, -0.25) is 4.57 Å². The maximum Gasteiger partial charge on any atom is 0.396 e. The second-order valence-electron chi connectivity index (χ2n) is 3.89. The van der Waals surface area contributed by atoms with Gasteiger partial charge in [0.15, 0.2) is 5.03 Å². The molecule has 2 heterocycles. The third-order valence-electron chi connectivity index (χ3n) is 2.61. The average molecular weight is 294 g/mol. The second-order valence-corrected chi connectivity index (χ2v) is 4.90. The summed E-state index contributed by atoms with van der Waals surface area (Å²) < 4.78 is 1.57. The minimum absolute atomic E-state index is 0.0732. The summed E-state index contributed by atoms with van der Waals surface area (Å²) in [5.41, 5.74) is 0.0732. The molecule has 20 heavy (non-hydrogen) atoms. The molecule has 0 aromatic carbocycles. The molecule has 8 nitrogen and oxygen atoms in total. The lowest BCUT2D eigenvalue weighted by Crippen LogP contribution is -1.98. The second kappa shape index (κ2) is 5.29. The van der Waals surface area contributed by atoms with Crippen molar-refractivity contribution in [3.63, 3.8) is 0 Å². The zero-order valence-corrected chi connectivity index (χ0v) is 11.4. The van der Waals surface area contributed by atoms with Crippen molar-refractivity contribution >= 4 is 23.5 Å². The monoisotopic (exact) mass is 294 g/mol. The fourth-order valence-corrected chi connectivity index (χ4v) is 2.48. The highest BCUT2D eigenvalue weighted by Crippen LogP contribution is 2.33. The van der Waals surface area contributed by atoms with Crippen molar-refractivity contribution < 1.29 is 14.8 Å². The Hall–Kier alpha value is -2.42. The predicted molar refractivity (Wildman–Crippen MR) is 69.9 cm³/mol. The summed E-state index contributed by atoms with van der Waals surface area (Å²) in [6.45, 7) is 1.65. The molecule has 0 aliphatic rings. The molecular weight excluding hydrogens is 284 g/mol. The van der Waals surface area contributed by atoms with Gasteiger partial charge in [-0.05, 0) is 33.8 Å². The number of imidazole rings is 1. The van der Waals surface area contributed by atoms with Crippen LogP contribution in [0.5, 0.6) is 0 Å². The van der Waals surface area contributed by atoms with Gasteiger partial charge in [-0.15, -0.1) is 0 Å². The molecule has 9 heteroatoms. The van der Waals surface area contributed by atoms with Crippen molar-refractivity contribution in [1.29, 1.82) is 0 Å². The summed E-state index contributed by atoms with van der Waals surface area (Å²) in [7, 11) is 1.65. The summed E-state index contributed by atoms with van der Waals surface area (Å²) >= 11 is 1.01. The van der Waals surface area contributed by atoms with E-state index in [1.807, 2.05) is 0 Å². The fraction of sp³-hybridized carbons (Fsp3) is 0.182. The van der Waals surface area contributed by atoms with Crippen molar-refractivity contribution in [3.8, 4) is 0 Å². The summed E-state index contributed by atoms with van der Waals surface area (Å²) in [5, 5.41) is 20.5. The minimum atomic E-state index is -1.08. The largest absolute Gasteiger partial charge is 0.478 e. The number of rotatable bonds is 4. The van der Waals surface area contributed by atoms with Gasteiger partial charge in [0.05, 0.1) is 5.56 Å². The van der Waals surface area contributed by atoms with Crippen molar-refractivity contribution in [3.05, 3.63) is 39.8 Å². The molecule has 0 saturated heterocycles. The molecule has 0 bridgehead atoms. The molecule has 2 rings (SSSR count). The Balaban J connectivity index is 2.42. The number of carbonyl (C=O) groups is 1. The van der Waals surface area contributed by atoms with Gasteiger partial charge in [0, 0.05) is 20.2 Å². The van der Waals surface area contributed by atoms with Crippen molar-refractivity contribution in [2.45, 2.75) is 17.0 Å². The van der Waals surface area contributed by atoms with E-state index in [0.717, 1.165) is 11.8 Å². The zero-order chi connectivity index (χ0) is 14.9. The fourth-order valence-electron chi connectivity index (χ4n) is 1.50. The standard InChI is InChI=1S/C11H10N4O4S/c1-6-13-9(15(18)19)10(14(6)2)20-8-5-7(11(16)17)3-4-12-8/h3-5H,1-2H3,(H,16,17). The summed E-state index contributed by atoms with van der Waals surface area (Å²) in [4.78, 5) is 29.1. The van der Waals surface area contributed by atoms with E-state index in [9.17, 15) is 14.9 Å². The maximum absolute atomic E-state index is 11.0. The highest BCUT2D eigenvalue weighted by Gasteiger charge is 2.25. The molecule has 104 valence electrons. The molecule has 0 atom stereocenters. The SMILES string of the molecule is Cc1nc([N+](=O)[O-])c(Sc2cc(C(=O)O)ccn2)n1C. The van der Waals surface area contributed by atoms with E-state index in [1.54, 1.807) is 18.5 Å². The molecule has 0 radical (unpaired) electrons. The number of carboxylic acids is 1. The predicted octanol–water partition coefficient (Wildman–Crippen LogP) is 1.88. The van der Waals surface area contributed by atoms with Crippen molar-refractivity contribution in [2.75, 3.05) is 0 Å². The Morgan fingerprint density at radius 1 is 1.55 bits per heavy atom. The van der Waals surface area contributed by atoms with Gasteiger partial charge >= 0.3 is 11.8 Å². The van der Waals surface area contributed by atoms with Crippen LogP contribution in [0.1, 0.15) is 16.2 Å². The maximum atomic E-state index is 11.0. The van der Waals surface area contributed by atoms with E-state index >= 15 is 0 Å². The quantitative estimate of drug-likeness (QED) is 0.676. The smallest absolute Gasteiger partial charge is 0.396 e. The first-order valence-corrected chi connectivity index (χ1v) is 6.26. The van der Waals surface area contributed by atoms with Crippen LogP contribution < -0.4 is 0 Å². The number of nitro groups is 1. The summed E-state index contributed by atoms with van der Waals surface area (Å²) in [6.07, 6.45) is 1.35. The Bertz CT molecular complexity index is 698. The molecule has 0 aliphatic carbocycles. The van der Waals surface area contributed by atoms with E-state index in [4.69, 9.17) is 5.11 Å². The minimum Gasteiger partial charge on any atom is -0.478 e. The topological polar surface area (TPSA) is 111 Å². The lowest BCUT2D eigenvalue weighted by atomic mass is 10.3. The number of aromatic nitrogens is 3. The molecule has 0 saturated carbocycles. The number of aromatic carboxylic acids is 1. The zero-order valence-electron chi connectivity index (χ0n) is 10.6. The highest BCUT2D eigenvalue weighted by molar-refractivity contribution is 7.99. The molecule has 0 spiro atoms. The van der Waals surface area contributed by atoms with Gasteiger partial charge in [-0.2, -0.15) is 0 Å².